The smallest absolute Gasteiger partial charge is 0.319 e. The monoisotopic (exact) mass is 325 g/mol. The fourth-order valence-corrected chi connectivity index (χ4v) is 3.11. The third kappa shape index (κ3) is 3.86. The number of benzene rings is 1. The van der Waals surface area contributed by atoms with Gasteiger partial charge < -0.3 is 16.4 Å². The van der Waals surface area contributed by atoms with E-state index in [4.69, 9.17) is 5.73 Å². The average Bonchev–Trinajstić information content (AvgIpc) is 2.35. The van der Waals surface area contributed by atoms with Crippen molar-refractivity contribution in [2.24, 2.45) is 0 Å². The fourth-order valence-electron chi connectivity index (χ4n) is 2.52. The summed E-state index contributed by atoms with van der Waals surface area (Å²) in [5, 5.41) is 5.88. The summed E-state index contributed by atoms with van der Waals surface area (Å²) in [5.41, 5.74) is 8.15. The second-order valence-corrected chi connectivity index (χ2v) is 6.04. The number of hydrogen-bond donors (Lipinski definition) is 3. The van der Waals surface area contributed by atoms with Crippen LogP contribution in [0.2, 0.25) is 0 Å². The Morgan fingerprint density at radius 1 is 1.32 bits per heavy atom. The summed E-state index contributed by atoms with van der Waals surface area (Å²) in [6.07, 6.45) is 5.82. The molecule has 2 rings (SSSR count). The van der Waals surface area contributed by atoms with Crippen molar-refractivity contribution in [1.82, 2.24) is 5.32 Å². The summed E-state index contributed by atoms with van der Waals surface area (Å²) >= 11 is 3.38. The second-order valence-electron chi connectivity index (χ2n) is 5.12. The molecule has 1 saturated carbocycles. The molecule has 5 heteroatoms. The fraction of sp³-hybridized carbons (Fsp3) is 0.500. The van der Waals surface area contributed by atoms with Crippen LogP contribution in [0.3, 0.4) is 0 Å². The molecule has 1 aliphatic rings. The molecule has 4 N–H and O–H groups in total. The maximum absolute atomic E-state index is 12.0. The zero-order valence-corrected chi connectivity index (χ0v) is 12.7. The van der Waals surface area contributed by atoms with Crippen LogP contribution >= 0.6 is 15.9 Å². The SMILES string of the molecule is Cc1cc(Br)cc(N)c1NC(=O)NC1CCCCC1. The molecule has 1 aliphatic carbocycles. The first kappa shape index (κ1) is 14.2. The zero-order chi connectivity index (χ0) is 13.8. The topological polar surface area (TPSA) is 67.1 Å². The predicted octanol–water partition coefficient (Wildman–Crippen LogP) is 3.79. The van der Waals surface area contributed by atoms with Crippen LogP contribution in [0.5, 0.6) is 0 Å². The molecule has 0 atom stereocenters. The van der Waals surface area contributed by atoms with Crippen LogP contribution in [0, 0.1) is 6.92 Å². The van der Waals surface area contributed by atoms with E-state index in [9.17, 15) is 4.79 Å². The van der Waals surface area contributed by atoms with Crippen molar-refractivity contribution in [2.75, 3.05) is 11.1 Å². The summed E-state index contributed by atoms with van der Waals surface area (Å²) in [5.74, 6) is 0. The Bertz CT molecular complexity index is 447. The van der Waals surface area contributed by atoms with E-state index < -0.39 is 0 Å². The number of carbonyl (C=O) groups excluding carboxylic acids is 1. The van der Waals surface area contributed by atoms with Crippen LogP contribution in [0.4, 0.5) is 16.2 Å². The van der Waals surface area contributed by atoms with Gasteiger partial charge in [0, 0.05) is 10.5 Å². The van der Waals surface area contributed by atoms with Crippen LogP contribution in [0.15, 0.2) is 16.6 Å². The number of carbonyl (C=O) groups is 1. The van der Waals surface area contributed by atoms with E-state index >= 15 is 0 Å². The molecular weight excluding hydrogens is 306 g/mol. The summed E-state index contributed by atoms with van der Waals surface area (Å²) in [6, 6.07) is 3.87. The maximum Gasteiger partial charge on any atom is 0.319 e. The van der Waals surface area contributed by atoms with Gasteiger partial charge in [0.25, 0.3) is 0 Å². The van der Waals surface area contributed by atoms with Gasteiger partial charge in [-0.2, -0.15) is 0 Å². The van der Waals surface area contributed by atoms with Crippen molar-refractivity contribution >= 4 is 33.3 Å². The largest absolute Gasteiger partial charge is 0.397 e. The normalized spacial score (nSPS) is 16.1. The highest BCUT2D eigenvalue weighted by Crippen LogP contribution is 2.27. The molecule has 0 spiro atoms. The van der Waals surface area contributed by atoms with Crippen molar-refractivity contribution in [3.05, 3.63) is 22.2 Å². The third-order valence-electron chi connectivity index (χ3n) is 3.51. The van der Waals surface area contributed by atoms with Gasteiger partial charge in [-0.15, -0.1) is 0 Å². The number of halogens is 1. The van der Waals surface area contributed by atoms with Crippen molar-refractivity contribution in [1.29, 1.82) is 0 Å². The molecule has 0 unspecified atom stereocenters. The van der Waals surface area contributed by atoms with E-state index in [1.807, 2.05) is 13.0 Å². The number of nitrogens with one attached hydrogen (secondary N) is 2. The van der Waals surface area contributed by atoms with E-state index in [0.29, 0.717) is 17.4 Å². The Hall–Kier alpha value is -1.23. The van der Waals surface area contributed by atoms with E-state index in [1.54, 1.807) is 6.07 Å². The Labute approximate surface area is 122 Å². The first-order valence-electron chi connectivity index (χ1n) is 6.69. The predicted molar refractivity (Wildman–Crippen MR) is 82.3 cm³/mol. The summed E-state index contributed by atoms with van der Waals surface area (Å²) < 4.78 is 0.917. The lowest BCUT2D eigenvalue weighted by atomic mass is 9.96. The highest BCUT2D eigenvalue weighted by Gasteiger charge is 2.16. The van der Waals surface area contributed by atoms with E-state index in [-0.39, 0.29) is 6.03 Å². The minimum Gasteiger partial charge on any atom is -0.397 e. The molecule has 0 bridgehead atoms. The minimum atomic E-state index is -0.163. The van der Waals surface area contributed by atoms with Gasteiger partial charge in [-0.1, -0.05) is 35.2 Å². The number of nitrogens with two attached hydrogens (primary N) is 1. The molecule has 1 fully saturated rings. The zero-order valence-electron chi connectivity index (χ0n) is 11.1. The molecule has 104 valence electrons. The van der Waals surface area contributed by atoms with E-state index in [2.05, 4.69) is 26.6 Å². The second kappa shape index (κ2) is 6.28. The van der Waals surface area contributed by atoms with Crippen LogP contribution in [-0.4, -0.2) is 12.1 Å². The molecule has 0 heterocycles. The van der Waals surface area contributed by atoms with Crippen LogP contribution in [-0.2, 0) is 0 Å². The molecule has 0 saturated heterocycles. The minimum absolute atomic E-state index is 0.163. The molecule has 1 aromatic carbocycles. The van der Waals surface area contributed by atoms with Gasteiger partial charge in [-0.05, 0) is 37.5 Å². The highest BCUT2D eigenvalue weighted by atomic mass is 79.9. The summed E-state index contributed by atoms with van der Waals surface area (Å²) in [7, 11) is 0. The van der Waals surface area contributed by atoms with Crippen LogP contribution in [0.1, 0.15) is 37.7 Å². The maximum atomic E-state index is 12.0. The molecule has 1 aromatic rings. The molecule has 0 aliphatic heterocycles. The van der Waals surface area contributed by atoms with Gasteiger partial charge in [0.2, 0.25) is 0 Å². The number of amides is 2. The Kier molecular flexibility index (Phi) is 4.69. The Morgan fingerprint density at radius 3 is 2.63 bits per heavy atom. The van der Waals surface area contributed by atoms with E-state index in [1.165, 1.54) is 19.3 Å². The number of aryl methyl sites for hydroxylation is 1. The molecule has 4 nitrogen and oxygen atoms in total. The van der Waals surface area contributed by atoms with Gasteiger partial charge in [0.1, 0.15) is 0 Å². The lowest BCUT2D eigenvalue weighted by molar-refractivity contribution is 0.244. The van der Waals surface area contributed by atoms with Gasteiger partial charge in [0.05, 0.1) is 11.4 Å². The number of nitrogen functional groups attached to an aromatic ring is 1. The van der Waals surface area contributed by atoms with Crippen molar-refractivity contribution in [2.45, 2.75) is 45.1 Å². The third-order valence-corrected chi connectivity index (χ3v) is 3.97. The lowest BCUT2D eigenvalue weighted by Gasteiger charge is -2.23. The van der Waals surface area contributed by atoms with Gasteiger partial charge in [-0.3, -0.25) is 0 Å². The Balaban J connectivity index is 1.98. The lowest BCUT2D eigenvalue weighted by Crippen LogP contribution is -2.39. The average molecular weight is 326 g/mol. The van der Waals surface area contributed by atoms with Crippen molar-refractivity contribution < 1.29 is 4.79 Å². The molecule has 0 aromatic heterocycles. The van der Waals surface area contributed by atoms with Crippen molar-refractivity contribution in [3.63, 3.8) is 0 Å². The van der Waals surface area contributed by atoms with Gasteiger partial charge in [-0.25, -0.2) is 4.79 Å². The quantitative estimate of drug-likeness (QED) is 0.724. The molecule has 0 radical (unpaired) electrons. The van der Waals surface area contributed by atoms with Crippen LogP contribution < -0.4 is 16.4 Å². The Morgan fingerprint density at radius 2 is 2.00 bits per heavy atom. The molecular formula is C14H20BrN3O. The molecule has 2 amide bonds. The number of hydrogen-bond acceptors (Lipinski definition) is 2. The summed E-state index contributed by atoms with van der Waals surface area (Å²) in [6.45, 7) is 1.93. The highest BCUT2D eigenvalue weighted by molar-refractivity contribution is 9.10. The number of rotatable bonds is 2. The van der Waals surface area contributed by atoms with Gasteiger partial charge in [0.15, 0.2) is 0 Å². The molecule has 19 heavy (non-hydrogen) atoms. The summed E-state index contributed by atoms with van der Waals surface area (Å²) in [4.78, 5) is 12.0. The first-order valence-corrected chi connectivity index (χ1v) is 7.48. The number of urea groups is 1. The number of anilines is 2. The first-order chi connectivity index (χ1) is 9.06. The van der Waals surface area contributed by atoms with E-state index in [0.717, 1.165) is 22.9 Å². The van der Waals surface area contributed by atoms with Crippen molar-refractivity contribution in [3.8, 4) is 0 Å². The van der Waals surface area contributed by atoms with Crippen LogP contribution in [0.25, 0.3) is 0 Å². The van der Waals surface area contributed by atoms with Gasteiger partial charge >= 0.3 is 6.03 Å². The standard InChI is InChI=1S/C14H20BrN3O/c1-9-7-10(15)8-12(16)13(9)18-14(19)17-11-5-3-2-4-6-11/h7-8,11H,2-6,16H2,1H3,(H2,17,18,19).